The van der Waals surface area contributed by atoms with E-state index in [-0.39, 0.29) is 6.04 Å². The Balaban J connectivity index is 1.60. The van der Waals surface area contributed by atoms with Gasteiger partial charge in [0.25, 0.3) is 0 Å². The molecule has 2 unspecified atom stereocenters. The van der Waals surface area contributed by atoms with Gasteiger partial charge in [-0.15, -0.1) is 0 Å². The summed E-state index contributed by atoms with van der Waals surface area (Å²) in [7, 11) is 0. The van der Waals surface area contributed by atoms with Crippen molar-refractivity contribution in [1.82, 2.24) is 5.32 Å². The van der Waals surface area contributed by atoms with Gasteiger partial charge in [0.05, 0.1) is 16.8 Å². The molecule has 2 fully saturated rings. The highest BCUT2D eigenvalue weighted by Gasteiger charge is 2.32. The Morgan fingerprint density at radius 1 is 0.815 bits per heavy atom. The zero-order chi connectivity index (χ0) is 18.8. The van der Waals surface area contributed by atoms with E-state index in [1.54, 1.807) is 0 Å². The standard InChI is InChI=1S/C22H25Cl3N2/c23-16-7-5-15(6-8-16)22-14-19(26-18-3-1-2-4-18)11-12-27(22)21-10-9-17(24)13-20(21)25/h5-10,13,18-19,22,26H,1-4,11-12,14H2. The van der Waals surface area contributed by atoms with Gasteiger partial charge in [0, 0.05) is 28.7 Å². The van der Waals surface area contributed by atoms with Crippen molar-refractivity contribution in [3.63, 3.8) is 0 Å². The average Bonchev–Trinajstić information content (AvgIpc) is 3.16. The second kappa shape index (κ2) is 8.61. The van der Waals surface area contributed by atoms with E-state index in [2.05, 4.69) is 22.3 Å². The first kappa shape index (κ1) is 19.4. The predicted molar refractivity (Wildman–Crippen MR) is 116 cm³/mol. The van der Waals surface area contributed by atoms with E-state index in [0.29, 0.717) is 22.1 Å². The number of hydrogen-bond acceptors (Lipinski definition) is 2. The molecule has 2 nitrogen and oxygen atoms in total. The van der Waals surface area contributed by atoms with Crippen molar-refractivity contribution in [3.05, 3.63) is 63.1 Å². The normalized spacial score (nSPS) is 23.7. The number of hydrogen-bond donors (Lipinski definition) is 1. The molecule has 0 bridgehead atoms. The highest BCUT2D eigenvalue weighted by molar-refractivity contribution is 6.36. The highest BCUT2D eigenvalue weighted by Crippen LogP contribution is 2.40. The second-order valence-corrected chi connectivity index (χ2v) is 9.01. The molecule has 1 aliphatic heterocycles. The van der Waals surface area contributed by atoms with Crippen LogP contribution in [0.3, 0.4) is 0 Å². The maximum absolute atomic E-state index is 6.55. The maximum atomic E-state index is 6.55. The van der Waals surface area contributed by atoms with Gasteiger partial charge >= 0.3 is 0 Å². The molecular weight excluding hydrogens is 399 g/mol. The van der Waals surface area contributed by atoms with Crippen LogP contribution in [0.1, 0.15) is 50.1 Å². The van der Waals surface area contributed by atoms with E-state index in [0.717, 1.165) is 30.1 Å². The Kier molecular flexibility index (Phi) is 6.18. The second-order valence-electron chi connectivity index (χ2n) is 7.73. The van der Waals surface area contributed by atoms with Gasteiger partial charge in [-0.2, -0.15) is 0 Å². The molecule has 4 rings (SSSR count). The molecule has 2 aromatic rings. The van der Waals surface area contributed by atoms with Crippen molar-refractivity contribution < 1.29 is 0 Å². The van der Waals surface area contributed by atoms with E-state index in [1.165, 1.54) is 31.2 Å². The third kappa shape index (κ3) is 4.56. The van der Waals surface area contributed by atoms with Crippen LogP contribution in [0.15, 0.2) is 42.5 Å². The number of nitrogens with one attached hydrogen (secondary N) is 1. The molecule has 5 heteroatoms. The van der Waals surface area contributed by atoms with Gasteiger partial charge in [0.15, 0.2) is 0 Å². The maximum Gasteiger partial charge on any atom is 0.0654 e. The van der Waals surface area contributed by atoms with Gasteiger partial charge in [0.1, 0.15) is 0 Å². The molecule has 1 saturated heterocycles. The van der Waals surface area contributed by atoms with Crippen LogP contribution in [0.25, 0.3) is 0 Å². The molecule has 1 aliphatic carbocycles. The molecular formula is C22H25Cl3N2. The Morgan fingerprint density at radius 3 is 2.22 bits per heavy atom. The van der Waals surface area contributed by atoms with Crippen LogP contribution in [0, 0.1) is 0 Å². The van der Waals surface area contributed by atoms with Gasteiger partial charge in [-0.1, -0.05) is 59.8 Å². The van der Waals surface area contributed by atoms with Gasteiger partial charge in [-0.05, 0) is 61.6 Å². The molecule has 2 aromatic carbocycles. The fourth-order valence-electron chi connectivity index (χ4n) is 4.55. The third-order valence-electron chi connectivity index (χ3n) is 5.90. The first-order valence-electron chi connectivity index (χ1n) is 9.83. The van der Waals surface area contributed by atoms with Gasteiger partial charge in [0.2, 0.25) is 0 Å². The Hall–Kier alpha value is -0.930. The fraction of sp³-hybridized carbons (Fsp3) is 0.455. The largest absolute Gasteiger partial charge is 0.363 e. The van der Waals surface area contributed by atoms with Crippen molar-refractivity contribution in [2.45, 2.75) is 56.7 Å². The minimum absolute atomic E-state index is 0.272. The fourth-order valence-corrected chi connectivity index (χ4v) is 5.19. The summed E-state index contributed by atoms with van der Waals surface area (Å²) in [6.45, 7) is 0.971. The summed E-state index contributed by atoms with van der Waals surface area (Å²) >= 11 is 18.8. The first-order valence-corrected chi connectivity index (χ1v) is 11.0. The van der Waals surface area contributed by atoms with Crippen LogP contribution in [-0.2, 0) is 0 Å². The van der Waals surface area contributed by atoms with Crippen LogP contribution in [0.4, 0.5) is 5.69 Å². The van der Waals surface area contributed by atoms with Crippen LogP contribution in [0.2, 0.25) is 15.1 Å². The summed E-state index contributed by atoms with van der Waals surface area (Å²) in [4.78, 5) is 2.43. The SMILES string of the molecule is Clc1ccc(C2CC(NC3CCCC3)CCN2c2ccc(Cl)cc2Cl)cc1. The molecule has 1 heterocycles. The number of rotatable bonds is 4. The molecule has 2 aliphatic rings. The molecule has 0 aromatic heterocycles. The minimum Gasteiger partial charge on any atom is -0.363 e. The topological polar surface area (TPSA) is 15.3 Å². The molecule has 0 amide bonds. The van der Waals surface area contributed by atoms with Crippen molar-refractivity contribution in [2.75, 3.05) is 11.4 Å². The van der Waals surface area contributed by atoms with E-state index in [9.17, 15) is 0 Å². The molecule has 0 spiro atoms. The number of nitrogens with zero attached hydrogens (tertiary/aromatic N) is 1. The Labute approximate surface area is 176 Å². The van der Waals surface area contributed by atoms with E-state index < -0.39 is 0 Å². The molecule has 0 radical (unpaired) electrons. The summed E-state index contributed by atoms with van der Waals surface area (Å²) in [5.74, 6) is 0. The van der Waals surface area contributed by atoms with Crippen molar-refractivity contribution >= 4 is 40.5 Å². The summed E-state index contributed by atoms with van der Waals surface area (Å²) in [6, 6.07) is 15.5. The lowest BCUT2D eigenvalue weighted by atomic mass is 9.90. The van der Waals surface area contributed by atoms with Gasteiger partial charge in [-0.25, -0.2) is 0 Å². The van der Waals surface area contributed by atoms with E-state index in [4.69, 9.17) is 34.8 Å². The van der Waals surface area contributed by atoms with Crippen molar-refractivity contribution in [1.29, 1.82) is 0 Å². The summed E-state index contributed by atoms with van der Waals surface area (Å²) in [5, 5.41) is 6.07. The van der Waals surface area contributed by atoms with Gasteiger partial charge in [-0.3, -0.25) is 0 Å². The Bertz CT molecular complexity index is 772. The third-order valence-corrected chi connectivity index (χ3v) is 6.69. The number of halogens is 3. The van der Waals surface area contributed by atoms with Crippen LogP contribution < -0.4 is 10.2 Å². The molecule has 2 atom stereocenters. The van der Waals surface area contributed by atoms with Gasteiger partial charge < -0.3 is 10.2 Å². The highest BCUT2D eigenvalue weighted by atomic mass is 35.5. The zero-order valence-corrected chi connectivity index (χ0v) is 17.6. The lowest BCUT2D eigenvalue weighted by molar-refractivity contribution is 0.328. The van der Waals surface area contributed by atoms with Crippen molar-refractivity contribution in [2.24, 2.45) is 0 Å². The number of benzene rings is 2. The lowest BCUT2D eigenvalue weighted by Gasteiger charge is -2.42. The number of piperidine rings is 1. The molecule has 144 valence electrons. The quantitative estimate of drug-likeness (QED) is 0.576. The Morgan fingerprint density at radius 2 is 1.52 bits per heavy atom. The molecule has 1 N–H and O–H groups in total. The average molecular weight is 424 g/mol. The van der Waals surface area contributed by atoms with Crippen LogP contribution >= 0.6 is 34.8 Å². The predicted octanol–water partition coefficient (Wildman–Crippen LogP) is 6.89. The monoisotopic (exact) mass is 422 g/mol. The van der Waals surface area contributed by atoms with Crippen molar-refractivity contribution in [3.8, 4) is 0 Å². The molecule has 1 saturated carbocycles. The summed E-state index contributed by atoms with van der Waals surface area (Å²) in [6.07, 6.45) is 7.54. The van der Waals surface area contributed by atoms with E-state index >= 15 is 0 Å². The molecule has 27 heavy (non-hydrogen) atoms. The zero-order valence-electron chi connectivity index (χ0n) is 15.3. The minimum atomic E-state index is 0.272. The summed E-state index contributed by atoms with van der Waals surface area (Å²) < 4.78 is 0. The van der Waals surface area contributed by atoms with Crippen LogP contribution in [-0.4, -0.2) is 18.6 Å². The lowest BCUT2D eigenvalue weighted by Crippen LogP contribution is -2.47. The van der Waals surface area contributed by atoms with Crippen LogP contribution in [0.5, 0.6) is 0 Å². The first-order chi connectivity index (χ1) is 13.1. The number of anilines is 1. The smallest absolute Gasteiger partial charge is 0.0654 e. The summed E-state index contributed by atoms with van der Waals surface area (Å²) in [5.41, 5.74) is 2.34. The van der Waals surface area contributed by atoms with E-state index in [1.807, 2.05) is 30.3 Å².